The number of rotatable bonds is 24. The standard InChI is InChI=1S/C22H26ClF2NO3.C21H24ClF2NO3.C21H27F2NO3.C19H22ClF2NO2/c23-18-2-1-10-26-16(12-15-4-11-29-14-15)13-17(20(18)26)19(27)3-5-21(28)6-8-22(24,25)9-7-21;22-15-3-1-11-25-16(18-4-2-12-28-18)13-14(19(15)25)17(26)5-6-20(27)7-9-21(23,24)10-8-20;1-15-4-3-12-24-16(6-13-27-2)14-17(19(15)24)18(25)5-7-20(26)8-10-21(22,23)11-9-20;20-16-4-2-9-23-14(7-10-24)11-15(18(16)23)17(25)6-5-13-3-1-8-19(21,22)12-13/h1-2,10,13,15,28H,3-9,11-12,14H2;1,3,11,13,18,27H,2,4-10,12H2;3-4,12,14,26H,5-11,13H2,1-2H3;2,4,9,11,13,24H,1,3,5-8,10,12H2. The van der Waals surface area contributed by atoms with E-state index in [1.807, 2.05) is 91.8 Å². The molecule has 15 nitrogen and oxygen atoms in total. The average molecular weight is 1590 g/mol. The molecule has 2 saturated heterocycles. The highest BCUT2D eigenvalue weighted by Gasteiger charge is 2.46. The van der Waals surface area contributed by atoms with Gasteiger partial charge in [-0.1, -0.05) is 47.3 Å². The number of pyridine rings is 4. The van der Waals surface area contributed by atoms with Crippen molar-refractivity contribution in [1.82, 2.24) is 17.6 Å². The van der Waals surface area contributed by atoms with E-state index in [9.17, 15) is 74.7 Å². The number of aryl methyl sites for hydroxylation is 1. The van der Waals surface area contributed by atoms with Crippen LogP contribution in [0.3, 0.4) is 0 Å². The number of ether oxygens (including phenoxy) is 3. The molecule has 109 heavy (non-hydrogen) atoms. The summed E-state index contributed by atoms with van der Waals surface area (Å²) in [4.78, 5) is 51.6. The minimum atomic E-state index is -2.71. The monoisotopic (exact) mass is 1580 g/mol. The van der Waals surface area contributed by atoms with Gasteiger partial charge in [0.1, 0.15) is 0 Å². The molecule has 0 spiro atoms. The first-order chi connectivity index (χ1) is 51.7. The van der Waals surface area contributed by atoms with Gasteiger partial charge in [0, 0.05) is 188 Å². The molecule has 10 heterocycles. The number of aliphatic hydroxyl groups excluding tert-OH is 1. The van der Waals surface area contributed by atoms with E-state index < -0.39 is 40.5 Å². The highest BCUT2D eigenvalue weighted by atomic mass is 35.5. The van der Waals surface area contributed by atoms with Gasteiger partial charge in [-0.25, -0.2) is 35.1 Å². The summed E-state index contributed by atoms with van der Waals surface area (Å²) in [5.74, 6) is -10.8. The Balaban J connectivity index is 0.000000145. The molecule has 594 valence electrons. The summed E-state index contributed by atoms with van der Waals surface area (Å²) in [6.07, 6.45) is 13.2. The van der Waals surface area contributed by atoms with Crippen LogP contribution in [0.2, 0.25) is 15.1 Å². The number of ketones is 4. The molecule has 0 radical (unpaired) electrons. The third-order valence-corrected chi connectivity index (χ3v) is 24.0. The maximum absolute atomic E-state index is 13.5. The molecule has 6 aliphatic rings. The fourth-order valence-electron chi connectivity index (χ4n) is 16.6. The molecule has 6 fully saturated rings. The van der Waals surface area contributed by atoms with E-state index >= 15 is 0 Å². The topological polar surface area (TPSA) is 195 Å². The van der Waals surface area contributed by atoms with Crippen molar-refractivity contribution in [3.63, 3.8) is 0 Å². The van der Waals surface area contributed by atoms with Crippen molar-refractivity contribution in [2.45, 2.75) is 246 Å². The van der Waals surface area contributed by atoms with Crippen molar-refractivity contribution in [3.8, 4) is 0 Å². The zero-order valence-corrected chi connectivity index (χ0v) is 64.1. The van der Waals surface area contributed by atoms with Gasteiger partial charge in [-0.15, -0.1) is 0 Å². The molecule has 2 aliphatic heterocycles. The second-order valence-electron chi connectivity index (χ2n) is 31.2. The maximum atomic E-state index is 13.5. The molecule has 3 unspecified atom stereocenters. The highest BCUT2D eigenvalue weighted by molar-refractivity contribution is 6.36. The molecule has 0 amide bonds. The highest BCUT2D eigenvalue weighted by Crippen LogP contribution is 2.46. The lowest BCUT2D eigenvalue weighted by Gasteiger charge is -2.35. The number of aromatic nitrogens is 4. The van der Waals surface area contributed by atoms with Gasteiger partial charge in [-0.05, 0) is 187 Å². The lowest BCUT2D eigenvalue weighted by atomic mass is 9.79. The number of Topliss-reactive ketones (excluding diaryl/α,β-unsaturated/α-hetero) is 4. The fraction of sp³-hybridized carbons (Fsp3) is 0.566. The number of carbonyl (C=O) groups is 4. The predicted molar refractivity (Wildman–Crippen MR) is 403 cm³/mol. The van der Waals surface area contributed by atoms with E-state index in [4.69, 9.17) is 49.0 Å². The van der Waals surface area contributed by atoms with Crippen molar-refractivity contribution >= 4 is 80.0 Å². The number of aliphatic hydroxyl groups is 4. The van der Waals surface area contributed by atoms with Crippen molar-refractivity contribution in [1.29, 1.82) is 0 Å². The second kappa shape index (κ2) is 35.4. The Labute approximate surface area is 644 Å². The SMILES string of the molecule is COCCc1cc(C(=O)CCC2(O)CCC(F)(F)CC2)c2c(C)cccn12.O=C(CCC1(O)CCC(F)(F)CC1)c1cc(C2CCCO2)n2cccc(Cl)c12.O=C(CCC1(O)CCC(F)(F)CC1)c1cc(CC2CCOC2)n2cccc(Cl)c12.O=C(CCC1CCCC(F)(F)C1)c1cc(CCO)n2cccc(Cl)c12. The Bertz CT molecular complexity index is 4490. The van der Waals surface area contributed by atoms with Gasteiger partial charge in [-0.2, -0.15) is 0 Å². The molecule has 0 aromatic carbocycles. The number of halogens is 11. The maximum Gasteiger partial charge on any atom is 0.248 e. The summed E-state index contributed by atoms with van der Waals surface area (Å²) in [5.41, 5.74) is 6.15. The first-order valence-electron chi connectivity index (χ1n) is 38.3. The van der Waals surface area contributed by atoms with Gasteiger partial charge in [-0.3, -0.25) is 19.2 Å². The van der Waals surface area contributed by atoms with Crippen molar-refractivity contribution in [3.05, 3.63) is 163 Å². The van der Waals surface area contributed by atoms with Gasteiger partial charge < -0.3 is 52.2 Å². The number of carbonyl (C=O) groups excluding carboxylic acids is 4. The number of hydrogen-bond donors (Lipinski definition) is 4. The molecule has 8 aromatic rings. The summed E-state index contributed by atoms with van der Waals surface area (Å²) in [6.45, 7) is 4.67. The van der Waals surface area contributed by atoms with Gasteiger partial charge in [0.25, 0.3) is 0 Å². The minimum Gasteiger partial charge on any atom is -0.396 e. The largest absolute Gasteiger partial charge is 0.396 e. The second-order valence-corrected chi connectivity index (χ2v) is 32.4. The molecule has 8 aromatic heterocycles. The Hall–Kier alpha value is -6.25. The van der Waals surface area contributed by atoms with Gasteiger partial charge >= 0.3 is 0 Å². The van der Waals surface area contributed by atoms with Crippen LogP contribution in [-0.4, -0.2) is 142 Å². The molecule has 4 N–H and O–H groups in total. The van der Waals surface area contributed by atoms with Crippen LogP contribution in [0.15, 0.2) is 97.6 Å². The minimum absolute atomic E-state index is 0.0196. The first kappa shape index (κ1) is 83.7. The summed E-state index contributed by atoms with van der Waals surface area (Å²) < 4.78 is 131. The first-order valence-corrected chi connectivity index (χ1v) is 39.4. The molecule has 4 saturated carbocycles. The van der Waals surface area contributed by atoms with E-state index in [-0.39, 0.29) is 177 Å². The smallest absolute Gasteiger partial charge is 0.248 e. The Kier molecular flexibility index (Phi) is 27.2. The van der Waals surface area contributed by atoms with Crippen molar-refractivity contribution in [2.24, 2.45) is 11.8 Å². The van der Waals surface area contributed by atoms with Crippen LogP contribution in [-0.2, 0) is 33.5 Å². The van der Waals surface area contributed by atoms with Gasteiger partial charge in [0.05, 0.1) is 72.3 Å². The zero-order valence-electron chi connectivity index (χ0n) is 61.8. The molecule has 4 aliphatic carbocycles. The molecule has 26 heteroatoms. The van der Waals surface area contributed by atoms with E-state index in [0.717, 1.165) is 79.2 Å². The molecular formula is C83H99Cl3F8N4O11. The molecule has 0 bridgehead atoms. The number of fused-ring (bicyclic) bond motifs is 4. The average Bonchev–Trinajstić information content (AvgIpc) is 1.64. The summed E-state index contributed by atoms with van der Waals surface area (Å²) in [5, 5.41) is 42.5. The van der Waals surface area contributed by atoms with Gasteiger partial charge in [0.15, 0.2) is 23.1 Å². The van der Waals surface area contributed by atoms with Crippen LogP contribution in [0.1, 0.15) is 249 Å². The third kappa shape index (κ3) is 21.0. The lowest BCUT2D eigenvalue weighted by molar-refractivity contribution is -0.106. The van der Waals surface area contributed by atoms with Crippen molar-refractivity contribution < 1.29 is 88.9 Å². The Morgan fingerprint density at radius 1 is 0.495 bits per heavy atom. The van der Waals surface area contributed by atoms with Crippen LogP contribution in [0.4, 0.5) is 35.1 Å². The summed E-state index contributed by atoms with van der Waals surface area (Å²) >= 11 is 19.1. The Morgan fingerprint density at radius 2 is 0.927 bits per heavy atom. The number of alkyl halides is 8. The van der Waals surface area contributed by atoms with Crippen LogP contribution in [0, 0.1) is 18.8 Å². The number of methoxy groups -OCH3 is 1. The summed E-state index contributed by atoms with van der Waals surface area (Å²) in [6, 6.07) is 22.0. The third-order valence-electron chi connectivity index (χ3n) is 23.1. The van der Waals surface area contributed by atoms with Gasteiger partial charge in [0.2, 0.25) is 23.7 Å². The normalized spacial score (nSPS) is 21.6. The number of nitrogens with zero attached hydrogens (tertiary/aromatic N) is 4. The fourth-order valence-corrected chi connectivity index (χ4v) is 17.4. The van der Waals surface area contributed by atoms with E-state index in [2.05, 4.69) is 0 Å². The zero-order chi connectivity index (χ0) is 78.3. The van der Waals surface area contributed by atoms with Crippen LogP contribution < -0.4 is 0 Å². The van der Waals surface area contributed by atoms with E-state index in [0.29, 0.717) is 98.7 Å². The van der Waals surface area contributed by atoms with Crippen molar-refractivity contribution in [2.75, 3.05) is 40.1 Å². The lowest BCUT2D eigenvalue weighted by Crippen LogP contribution is -2.38. The number of hydrogen-bond acceptors (Lipinski definition) is 11. The quantitative estimate of drug-likeness (QED) is 0.0332. The molecule has 3 atom stereocenters. The molecular weight excluding hydrogens is 1490 g/mol. The predicted octanol–water partition coefficient (Wildman–Crippen LogP) is 19.7. The summed E-state index contributed by atoms with van der Waals surface area (Å²) in [7, 11) is 1.64. The molecule has 14 rings (SSSR count). The van der Waals surface area contributed by atoms with Crippen LogP contribution in [0.25, 0.3) is 22.1 Å². The Morgan fingerprint density at radius 3 is 1.39 bits per heavy atom. The van der Waals surface area contributed by atoms with Crippen LogP contribution >= 0.6 is 34.8 Å². The van der Waals surface area contributed by atoms with E-state index in [1.54, 1.807) is 37.4 Å². The van der Waals surface area contributed by atoms with Crippen LogP contribution in [0.5, 0.6) is 0 Å². The van der Waals surface area contributed by atoms with E-state index in [1.165, 1.54) is 0 Å².